The van der Waals surface area contributed by atoms with E-state index < -0.39 is 27.1 Å². The summed E-state index contributed by atoms with van der Waals surface area (Å²) >= 11 is 0. The van der Waals surface area contributed by atoms with Gasteiger partial charge in [0.1, 0.15) is 11.6 Å². The van der Waals surface area contributed by atoms with E-state index in [9.17, 15) is 27.6 Å². The molecular formula is C21H21F2NO3S. The van der Waals surface area contributed by atoms with Crippen LogP contribution in [0.5, 0.6) is 0 Å². The zero-order chi connectivity index (χ0) is 20.5. The number of aliphatic hydroxyl groups is 1. The van der Waals surface area contributed by atoms with Crippen LogP contribution in [0.15, 0.2) is 41.3 Å². The molecule has 0 atom stereocenters. The van der Waals surface area contributed by atoms with Gasteiger partial charge in [0.25, 0.3) is 0 Å². The Morgan fingerprint density at radius 3 is 2.39 bits per heavy atom. The number of hydrogen-bond acceptors (Lipinski definition) is 4. The van der Waals surface area contributed by atoms with Gasteiger partial charge in [-0.05, 0) is 62.8 Å². The molecule has 1 N–H and O–H groups in total. The Morgan fingerprint density at radius 1 is 1.14 bits per heavy atom. The van der Waals surface area contributed by atoms with E-state index in [0.29, 0.717) is 25.7 Å². The van der Waals surface area contributed by atoms with Gasteiger partial charge in [0, 0.05) is 17.2 Å². The van der Waals surface area contributed by atoms with Crippen molar-refractivity contribution in [3.05, 3.63) is 53.6 Å². The van der Waals surface area contributed by atoms with Crippen molar-refractivity contribution in [2.45, 2.75) is 43.1 Å². The van der Waals surface area contributed by atoms with Gasteiger partial charge >= 0.3 is 0 Å². The second-order valence-corrected chi connectivity index (χ2v) is 9.70. The highest BCUT2D eigenvalue weighted by molar-refractivity contribution is 7.91. The van der Waals surface area contributed by atoms with Crippen molar-refractivity contribution in [1.29, 1.82) is 5.26 Å². The monoisotopic (exact) mass is 405 g/mol. The normalized spacial score (nSPS) is 22.6. The number of nitriles is 1. The van der Waals surface area contributed by atoms with Crippen LogP contribution in [-0.2, 0) is 9.84 Å². The molecule has 2 aromatic rings. The van der Waals surface area contributed by atoms with E-state index in [1.54, 1.807) is 6.92 Å². The van der Waals surface area contributed by atoms with Crippen molar-refractivity contribution < 1.29 is 22.3 Å². The van der Waals surface area contributed by atoms with Crippen molar-refractivity contribution in [2.24, 2.45) is 5.92 Å². The molecule has 1 aliphatic carbocycles. The Labute approximate surface area is 163 Å². The summed E-state index contributed by atoms with van der Waals surface area (Å²) < 4.78 is 52.8. The van der Waals surface area contributed by atoms with E-state index in [0.717, 1.165) is 12.1 Å². The third-order valence-corrected chi connectivity index (χ3v) is 7.21. The van der Waals surface area contributed by atoms with Crippen molar-refractivity contribution in [1.82, 2.24) is 0 Å². The average Bonchev–Trinajstić information content (AvgIpc) is 2.63. The molecule has 4 nitrogen and oxygen atoms in total. The third-order valence-electron chi connectivity index (χ3n) is 5.33. The van der Waals surface area contributed by atoms with Crippen LogP contribution in [-0.4, -0.2) is 24.9 Å². The quantitative estimate of drug-likeness (QED) is 0.826. The molecule has 0 heterocycles. The van der Waals surface area contributed by atoms with E-state index in [2.05, 4.69) is 0 Å². The lowest BCUT2D eigenvalue weighted by atomic mass is 9.81. The highest BCUT2D eigenvalue weighted by Crippen LogP contribution is 2.34. The maximum atomic E-state index is 14.1. The van der Waals surface area contributed by atoms with Crippen molar-refractivity contribution in [3.8, 4) is 17.2 Å². The van der Waals surface area contributed by atoms with E-state index in [-0.39, 0.29) is 33.3 Å². The van der Waals surface area contributed by atoms with Gasteiger partial charge in [-0.1, -0.05) is 6.07 Å². The first-order valence-corrected chi connectivity index (χ1v) is 10.7. The van der Waals surface area contributed by atoms with Crippen molar-refractivity contribution in [3.63, 3.8) is 0 Å². The predicted octanol–water partition coefficient (Wildman–Crippen LogP) is 4.22. The maximum Gasteiger partial charge on any atom is 0.178 e. The number of benzene rings is 2. The van der Waals surface area contributed by atoms with Crippen molar-refractivity contribution >= 4 is 9.84 Å². The van der Waals surface area contributed by atoms with E-state index in [1.807, 2.05) is 6.07 Å². The summed E-state index contributed by atoms with van der Waals surface area (Å²) in [7, 11) is -3.63. The van der Waals surface area contributed by atoms with Crippen LogP contribution in [0.25, 0.3) is 11.1 Å². The zero-order valence-electron chi connectivity index (χ0n) is 15.5. The van der Waals surface area contributed by atoms with Gasteiger partial charge in [-0.3, -0.25) is 0 Å². The molecule has 1 aliphatic rings. The second-order valence-electron chi connectivity index (χ2n) is 7.67. The Kier molecular flexibility index (Phi) is 5.55. The molecule has 2 aromatic carbocycles. The molecule has 7 heteroatoms. The molecule has 1 fully saturated rings. The third kappa shape index (κ3) is 4.40. The molecule has 0 aromatic heterocycles. The molecule has 0 spiro atoms. The molecular weight excluding hydrogens is 384 g/mol. The Balaban J connectivity index is 1.88. The van der Waals surface area contributed by atoms with Crippen LogP contribution in [0.2, 0.25) is 0 Å². The largest absolute Gasteiger partial charge is 0.390 e. The lowest BCUT2D eigenvalue weighted by Crippen LogP contribution is -2.32. The summed E-state index contributed by atoms with van der Waals surface area (Å²) in [6.45, 7) is 1.75. The predicted molar refractivity (Wildman–Crippen MR) is 101 cm³/mol. The van der Waals surface area contributed by atoms with Crippen LogP contribution >= 0.6 is 0 Å². The van der Waals surface area contributed by atoms with Gasteiger partial charge in [0.15, 0.2) is 9.84 Å². The fraction of sp³-hybridized carbons (Fsp3) is 0.381. The second kappa shape index (κ2) is 7.61. The molecule has 1 saturated carbocycles. The molecule has 28 heavy (non-hydrogen) atoms. The Hall–Kier alpha value is -2.30. The molecule has 0 bridgehead atoms. The molecule has 148 valence electrons. The summed E-state index contributed by atoms with van der Waals surface area (Å²) in [6, 6.07) is 8.92. The zero-order valence-corrected chi connectivity index (χ0v) is 16.3. The summed E-state index contributed by atoms with van der Waals surface area (Å²) in [4.78, 5) is 0.00709. The molecule has 0 amide bonds. The molecule has 3 rings (SSSR count). The van der Waals surface area contributed by atoms with Crippen LogP contribution in [0.1, 0.15) is 38.2 Å². The minimum atomic E-state index is -3.63. The number of rotatable bonds is 4. The first-order chi connectivity index (χ1) is 13.1. The lowest BCUT2D eigenvalue weighted by Gasteiger charge is -2.32. The number of sulfone groups is 1. The number of halogens is 2. The summed E-state index contributed by atoms with van der Waals surface area (Å²) in [6.07, 6.45) is 2.35. The van der Waals surface area contributed by atoms with Gasteiger partial charge in [0.2, 0.25) is 0 Å². The highest BCUT2D eigenvalue weighted by Gasteiger charge is 2.31. The smallest absolute Gasteiger partial charge is 0.178 e. The SMILES string of the molecule is C[C@]1(O)CC[C@@H](CS(=O)(=O)c2ccc(-c3ccc(F)cc3F)c(C#N)c2)CC1. The van der Waals surface area contributed by atoms with Crippen LogP contribution in [0.4, 0.5) is 8.78 Å². The number of hydrogen-bond donors (Lipinski definition) is 1. The molecule has 0 unspecified atom stereocenters. The fourth-order valence-corrected chi connectivity index (χ4v) is 5.34. The van der Waals surface area contributed by atoms with Gasteiger partial charge in [0.05, 0.1) is 27.9 Å². The molecule has 0 saturated heterocycles. The standard InChI is InChI=1S/C21H21F2NO3S/c1-21(25)8-6-14(7-9-21)13-28(26,27)17-3-5-18(15(10-17)12-24)19-4-2-16(22)11-20(19)23/h2-5,10-11,14,25H,6-9,13H2,1H3/t14-,21+. The van der Waals surface area contributed by atoms with Crippen LogP contribution in [0, 0.1) is 28.9 Å². The van der Waals surface area contributed by atoms with Crippen LogP contribution < -0.4 is 0 Å². The lowest BCUT2D eigenvalue weighted by molar-refractivity contribution is 0.0108. The topological polar surface area (TPSA) is 78.2 Å². The average molecular weight is 405 g/mol. The Morgan fingerprint density at radius 2 is 1.79 bits per heavy atom. The fourth-order valence-electron chi connectivity index (χ4n) is 3.62. The van der Waals surface area contributed by atoms with Crippen LogP contribution in [0.3, 0.4) is 0 Å². The first kappa shape index (κ1) is 20.4. The minimum Gasteiger partial charge on any atom is -0.390 e. The summed E-state index contributed by atoms with van der Waals surface area (Å²) in [5.74, 6) is -1.66. The first-order valence-electron chi connectivity index (χ1n) is 9.06. The summed E-state index contributed by atoms with van der Waals surface area (Å²) in [5.41, 5.74) is -0.475. The maximum absolute atomic E-state index is 14.1. The molecule has 0 radical (unpaired) electrons. The molecule has 0 aliphatic heterocycles. The van der Waals surface area contributed by atoms with Gasteiger partial charge in [-0.15, -0.1) is 0 Å². The minimum absolute atomic E-state index is 0.00709. The van der Waals surface area contributed by atoms with Gasteiger partial charge < -0.3 is 5.11 Å². The highest BCUT2D eigenvalue weighted by atomic mass is 32.2. The van der Waals surface area contributed by atoms with E-state index in [4.69, 9.17) is 0 Å². The van der Waals surface area contributed by atoms with Crippen molar-refractivity contribution in [2.75, 3.05) is 5.75 Å². The van der Waals surface area contributed by atoms with E-state index >= 15 is 0 Å². The Bertz CT molecular complexity index is 1030. The number of nitrogens with zero attached hydrogens (tertiary/aromatic N) is 1. The summed E-state index contributed by atoms with van der Waals surface area (Å²) in [5, 5.41) is 19.4. The van der Waals surface area contributed by atoms with Gasteiger partial charge in [-0.2, -0.15) is 5.26 Å². The van der Waals surface area contributed by atoms with Gasteiger partial charge in [-0.25, -0.2) is 17.2 Å². The van der Waals surface area contributed by atoms with E-state index in [1.165, 1.54) is 24.3 Å².